The number of aliphatic hydroxyl groups excluding tert-OH is 5. The molecule has 2 aliphatic rings. The molecule has 1 saturated heterocycles. The molecule has 10 nitrogen and oxygen atoms in total. The van der Waals surface area contributed by atoms with E-state index in [1.54, 1.807) is 45.9 Å². The predicted molar refractivity (Wildman–Crippen MR) is 176 cm³/mol. The zero-order valence-electron chi connectivity index (χ0n) is 29.3. The fourth-order valence-electron chi connectivity index (χ4n) is 6.76. The molecule has 0 saturated carbocycles. The fraction of sp³-hybridized carbons (Fsp3) is 0.750. The lowest BCUT2D eigenvalue weighted by Crippen LogP contribution is -2.57. The van der Waals surface area contributed by atoms with Crippen LogP contribution in [-0.4, -0.2) is 92.2 Å². The molecule has 0 aromatic heterocycles. The van der Waals surface area contributed by atoms with Gasteiger partial charge in [-0.1, -0.05) is 77.0 Å². The first-order valence-corrected chi connectivity index (χ1v) is 16.7. The van der Waals surface area contributed by atoms with Crippen LogP contribution in [0.1, 0.15) is 81.6 Å². The SMILES string of the molecule is CC[C@H]1[C@@H](O)[C@H](C)C/C(C)=C/C=C/[C@H](O)[C@@H]([C@@H](C)[C@@H](O)[C@H](C)[C@@]2(O)C[C@@H](O)[C@H](C)[C@@H](C)O2)OC(=O)/C(OC)=C/C(C)=C/[C@@H](C)[C@H]1O. The smallest absolute Gasteiger partial charge is 0.373 e. The summed E-state index contributed by atoms with van der Waals surface area (Å²) in [6.07, 6.45) is 2.37. The van der Waals surface area contributed by atoms with E-state index in [4.69, 9.17) is 14.2 Å². The van der Waals surface area contributed by atoms with Gasteiger partial charge in [0.1, 0.15) is 12.2 Å². The Balaban J connectivity index is 2.52. The van der Waals surface area contributed by atoms with Crippen molar-refractivity contribution in [2.75, 3.05) is 7.11 Å². The maximum absolute atomic E-state index is 13.4. The highest BCUT2D eigenvalue weighted by atomic mass is 16.6. The van der Waals surface area contributed by atoms with Crippen molar-refractivity contribution in [2.24, 2.45) is 35.5 Å². The summed E-state index contributed by atoms with van der Waals surface area (Å²) in [6.45, 7) is 16.2. The third kappa shape index (κ3) is 9.98. The summed E-state index contributed by atoms with van der Waals surface area (Å²) in [5, 5.41) is 67.1. The van der Waals surface area contributed by atoms with Crippen molar-refractivity contribution in [1.29, 1.82) is 0 Å². The lowest BCUT2D eigenvalue weighted by molar-refractivity contribution is -0.319. The van der Waals surface area contributed by atoms with E-state index >= 15 is 0 Å². The first kappa shape index (κ1) is 40.1. The van der Waals surface area contributed by atoms with E-state index in [1.807, 2.05) is 34.6 Å². The minimum absolute atomic E-state index is 0.109. The second-order valence-corrected chi connectivity index (χ2v) is 13.9. The molecule has 2 heterocycles. The Morgan fingerprint density at radius 2 is 1.70 bits per heavy atom. The molecule has 6 N–H and O–H groups in total. The molecule has 264 valence electrons. The van der Waals surface area contributed by atoms with Crippen LogP contribution in [0.3, 0.4) is 0 Å². The Morgan fingerprint density at radius 1 is 1.07 bits per heavy atom. The maximum Gasteiger partial charge on any atom is 0.373 e. The van der Waals surface area contributed by atoms with E-state index in [0.717, 1.165) is 5.57 Å². The average Bonchev–Trinajstić information content (AvgIpc) is 2.99. The molecule has 0 aromatic rings. The molecule has 0 unspecified atom stereocenters. The molecule has 0 aliphatic carbocycles. The summed E-state index contributed by atoms with van der Waals surface area (Å²) in [4.78, 5) is 13.4. The van der Waals surface area contributed by atoms with Gasteiger partial charge in [-0.2, -0.15) is 0 Å². The highest BCUT2D eigenvalue weighted by Gasteiger charge is 2.50. The molecule has 0 amide bonds. The second kappa shape index (κ2) is 17.4. The number of esters is 1. The third-order valence-electron chi connectivity index (χ3n) is 10.2. The van der Waals surface area contributed by atoms with Gasteiger partial charge in [0, 0.05) is 36.0 Å². The molecule has 2 rings (SSSR count). The van der Waals surface area contributed by atoms with Gasteiger partial charge in [-0.05, 0) is 45.6 Å². The number of carbonyl (C=O) groups excluding carboxylic acids is 1. The molecular formula is C36H60O10. The minimum Gasteiger partial charge on any atom is -0.490 e. The van der Waals surface area contributed by atoms with Crippen LogP contribution in [0.25, 0.3) is 0 Å². The first-order chi connectivity index (χ1) is 21.4. The van der Waals surface area contributed by atoms with Crippen LogP contribution in [0.2, 0.25) is 0 Å². The van der Waals surface area contributed by atoms with E-state index in [0.29, 0.717) is 18.4 Å². The fourth-order valence-corrected chi connectivity index (χ4v) is 6.76. The average molecular weight is 653 g/mol. The standard InChI is InChI=1S/C36H60O10/c1-11-27-31(39)21(4)15-19(2)13-12-14-28(37)34(45-35(42)30(44-10)17-20(3)16-22(5)32(27)40)24(7)33(41)25(8)36(43)18-29(38)23(6)26(9)46-36/h12-14,16-17,21-29,31-34,37-41,43H,11,15,18H2,1-10H3/b14-12+,19-13+,20-16+,30-17-/t21-,22-,23-,24+,25+,26-,27+,28+,29-,31+,32-,33-,34-,36-/m1/s1. The number of carbonyl (C=O) groups is 1. The molecule has 0 aromatic carbocycles. The van der Waals surface area contributed by atoms with Gasteiger partial charge < -0.3 is 44.8 Å². The van der Waals surface area contributed by atoms with Crippen molar-refractivity contribution < 1.29 is 49.6 Å². The highest BCUT2D eigenvalue weighted by molar-refractivity contribution is 5.87. The van der Waals surface area contributed by atoms with Crippen LogP contribution >= 0.6 is 0 Å². The lowest BCUT2D eigenvalue weighted by Gasteiger charge is -2.47. The Bertz CT molecular complexity index is 1100. The summed E-state index contributed by atoms with van der Waals surface area (Å²) < 4.78 is 17.1. The van der Waals surface area contributed by atoms with Crippen molar-refractivity contribution in [2.45, 2.75) is 130 Å². The van der Waals surface area contributed by atoms with Crippen LogP contribution < -0.4 is 0 Å². The van der Waals surface area contributed by atoms with Crippen LogP contribution in [0.4, 0.5) is 0 Å². The maximum atomic E-state index is 13.4. The molecule has 0 radical (unpaired) electrons. The molecule has 0 spiro atoms. The molecule has 0 bridgehead atoms. The van der Waals surface area contributed by atoms with Gasteiger partial charge in [-0.25, -0.2) is 4.79 Å². The van der Waals surface area contributed by atoms with Crippen LogP contribution in [0.15, 0.2) is 47.3 Å². The molecule has 46 heavy (non-hydrogen) atoms. The van der Waals surface area contributed by atoms with Gasteiger partial charge in [0.15, 0.2) is 5.79 Å². The van der Waals surface area contributed by atoms with Gasteiger partial charge in [-0.15, -0.1) is 0 Å². The number of rotatable bonds is 6. The normalized spacial score (nSPS) is 43.6. The van der Waals surface area contributed by atoms with E-state index in [1.165, 1.54) is 19.3 Å². The Labute approximate surface area is 275 Å². The second-order valence-electron chi connectivity index (χ2n) is 13.9. The summed E-state index contributed by atoms with van der Waals surface area (Å²) in [7, 11) is 1.32. The topological polar surface area (TPSA) is 166 Å². The summed E-state index contributed by atoms with van der Waals surface area (Å²) in [5.41, 5.74) is 1.55. The molecule has 1 fully saturated rings. The van der Waals surface area contributed by atoms with Gasteiger partial charge in [-0.3, -0.25) is 0 Å². The number of cyclic esters (lactones) is 1. The number of hydrogen-bond donors (Lipinski definition) is 6. The monoisotopic (exact) mass is 652 g/mol. The predicted octanol–water partition coefficient (Wildman–Crippen LogP) is 3.79. The van der Waals surface area contributed by atoms with Crippen molar-refractivity contribution in [3.63, 3.8) is 0 Å². The van der Waals surface area contributed by atoms with Gasteiger partial charge in [0.05, 0.1) is 37.6 Å². The molecule has 14 atom stereocenters. The Hall–Kier alpha value is -2.05. The zero-order chi connectivity index (χ0) is 35.1. The number of hydrogen-bond acceptors (Lipinski definition) is 10. The molecule has 10 heteroatoms. The van der Waals surface area contributed by atoms with E-state index in [2.05, 4.69) is 0 Å². The molecule has 2 aliphatic heterocycles. The quantitative estimate of drug-likeness (QED) is 0.233. The van der Waals surface area contributed by atoms with Gasteiger partial charge >= 0.3 is 5.97 Å². The van der Waals surface area contributed by atoms with Gasteiger partial charge in [0.2, 0.25) is 5.76 Å². The number of aliphatic hydroxyl groups is 6. The summed E-state index contributed by atoms with van der Waals surface area (Å²) in [5.74, 6) is -5.77. The van der Waals surface area contributed by atoms with Crippen molar-refractivity contribution in [1.82, 2.24) is 0 Å². The van der Waals surface area contributed by atoms with Crippen LogP contribution in [0.5, 0.6) is 0 Å². The highest BCUT2D eigenvalue weighted by Crippen LogP contribution is 2.39. The van der Waals surface area contributed by atoms with E-state index in [-0.39, 0.29) is 35.9 Å². The summed E-state index contributed by atoms with van der Waals surface area (Å²) in [6, 6.07) is 0. The third-order valence-corrected chi connectivity index (χ3v) is 10.2. The number of allylic oxidation sites excluding steroid dienone is 5. The van der Waals surface area contributed by atoms with Crippen molar-refractivity contribution in [3.8, 4) is 0 Å². The Kier molecular flexibility index (Phi) is 15.2. The largest absolute Gasteiger partial charge is 0.490 e. The van der Waals surface area contributed by atoms with E-state index < -0.39 is 66.3 Å². The number of methoxy groups -OCH3 is 1. The van der Waals surface area contributed by atoms with Crippen LogP contribution in [-0.2, 0) is 19.0 Å². The zero-order valence-corrected chi connectivity index (χ0v) is 29.3. The first-order valence-electron chi connectivity index (χ1n) is 16.7. The minimum atomic E-state index is -1.85. The Morgan fingerprint density at radius 3 is 2.26 bits per heavy atom. The van der Waals surface area contributed by atoms with Crippen molar-refractivity contribution >= 4 is 5.97 Å². The van der Waals surface area contributed by atoms with Crippen LogP contribution in [0, 0.1) is 35.5 Å². The summed E-state index contributed by atoms with van der Waals surface area (Å²) >= 11 is 0. The van der Waals surface area contributed by atoms with Crippen molar-refractivity contribution in [3.05, 3.63) is 47.3 Å². The van der Waals surface area contributed by atoms with E-state index in [9.17, 15) is 35.4 Å². The van der Waals surface area contributed by atoms with Gasteiger partial charge in [0.25, 0.3) is 0 Å². The lowest BCUT2D eigenvalue weighted by atomic mass is 9.78. The number of ether oxygens (including phenoxy) is 3. The molecular weight excluding hydrogens is 592 g/mol.